The van der Waals surface area contributed by atoms with E-state index in [-0.39, 0.29) is 5.60 Å². The summed E-state index contributed by atoms with van der Waals surface area (Å²) in [4.78, 5) is 0. The zero-order chi connectivity index (χ0) is 8.20. The lowest BCUT2D eigenvalue weighted by atomic mass is 10.0. The molecule has 0 saturated heterocycles. The fourth-order valence-electron chi connectivity index (χ4n) is 0.724. The molecule has 0 spiro atoms. The second-order valence-corrected chi connectivity index (χ2v) is 2.98. The minimum Gasteiger partial charge on any atom is -0.411 e. The number of oxime groups is 1. The van der Waals surface area contributed by atoms with Crippen molar-refractivity contribution in [3.63, 3.8) is 0 Å². The summed E-state index contributed by atoms with van der Waals surface area (Å²) in [5.41, 5.74) is 0.461. The van der Waals surface area contributed by atoms with E-state index in [1.54, 1.807) is 14.0 Å². The van der Waals surface area contributed by atoms with Gasteiger partial charge in [0.1, 0.15) is 0 Å². The molecule has 10 heavy (non-hydrogen) atoms. The van der Waals surface area contributed by atoms with E-state index in [1.165, 1.54) is 0 Å². The fourth-order valence-corrected chi connectivity index (χ4v) is 0.724. The first kappa shape index (κ1) is 9.43. The Balaban J connectivity index is 3.88. The van der Waals surface area contributed by atoms with Crippen LogP contribution in [0.2, 0.25) is 0 Å². The molecule has 0 radical (unpaired) electrons. The highest BCUT2D eigenvalue weighted by molar-refractivity contribution is 5.82. The van der Waals surface area contributed by atoms with Gasteiger partial charge in [0.05, 0.1) is 11.3 Å². The molecule has 3 nitrogen and oxygen atoms in total. The number of rotatable bonds is 3. The van der Waals surface area contributed by atoms with Crippen molar-refractivity contribution in [1.29, 1.82) is 0 Å². The van der Waals surface area contributed by atoms with Crippen LogP contribution in [-0.4, -0.2) is 23.6 Å². The smallest absolute Gasteiger partial charge is 0.0675 e. The van der Waals surface area contributed by atoms with Crippen molar-refractivity contribution in [2.75, 3.05) is 7.11 Å². The van der Waals surface area contributed by atoms with Gasteiger partial charge in [0.2, 0.25) is 0 Å². The van der Waals surface area contributed by atoms with Gasteiger partial charge in [-0.15, -0.1) is 0 Å². The van der Waals surface area contributed by atoms with Gasteiger partial charge < -0.3 is 9.94 Å². The lowest BCUT2D eigenvalue weighted by Crippen LogP contribution is -2.25. The molecule has 0 heterocycles. The molecule has 0 aliphatic heterocycles. The molecule has 0 fully saturated rings. The van der Waals surface area contributed by atoms with Gasteiger partial charge in [0, 0.05) is 13.5 Å². The lowest BCUT2D eigenvalue weighted by Gasteiger charge is -2.21. The van der Waals surface area contributed by atoms with E-state index in [0.717, 1.165) is 0 Å². The number of methoxy groups -OCH3 is 1. The van der Waals surface area contributed by atoms with Crippen LogP contribution in [-0.2, 0) is 4.74 Å². The van der Waals surface area contributed by atoms with Crippen LogP contribution in [0, 0.1) is 0 Å². The maximum atomic E-state index is 8.33. The average Bonchev–Trinajstić information content (AvgIpc) is 1.87. The Morgan fingerprint density at radius 2 is 2.10 bits per heavy atom. The van der Waals surface area contributed by atoms with Crippen LogP contribution in [0.4, 0.5) is 0 Å². The van der Waals surface area contributed by atoms with E-state index in [9.17, 15) is 0 Å². The first-order chi connectivity index (χ1) is 4.52. The molecule has 3 heteroatoms. The predicted molar refractivity (Wildman–Crippen MR) is 40.6 cm³/mol. The topological polar surface area (TPSA) is 41.8 Å². The van der Waals surface area contributed by atoms with Crippen molar-refractivity contribution >= 4 is 5.71 Å². The molecule has 1 N–H and O–H groups in total. The van der Waals surface area contributed by atoms with Gasteiger partial charge in [-0.2, -0.15) is 0 Å². The molecule has 0 atom stereocenters. The van der Waals surface area contributed by atoms with Crippen molar-refractivity contribution in [3.8, 4) is 0 Å². The third-order valence-electron chi connectivity index (χ3n) is 1.40. The van der Waals surface area contributed by atoms with E-state index in [1.807, 2.05) is 13.8 Å². The SMILES string of the molecule is COC(C)(C)CC(C)=NO. The number of hydrogen-bond donors (Lipinski definition) is 1. The molecule has 0 aromatic carbocycles. The molecule has 0 amide bonds. The summed E-state index contributed by atoms with van der Waals surface area (Å²) in [5.74, 6) is 0. The zero-order valence-electron chi connectivity index (χ0n) is 7.01. The van der Waals surface area contributed by atoms with Crippen molar-refractivity contribution in [3.05, 3.63) is 0 Å². The second-order valence-electron chi connectivity index (χ2n) is 2.98. The normalized spacial score (nSPS) is 13.8. The zero-order valence-corrected chi connectivity index (χ0v) is 7.01. The molecule has 0 aromatic rings. The Morgan fingerprint density at radius 3 is 2.40 bits per heavy atom. The quantitative estimate of drug-likeness (QED) is 0.372. The number of nitrogens with zero attached hydrogens (tertiary/aromatic N) is 1. The maximum Gasteiger partial charge on any atom is 0.0675 e. The summed E-state index contributed by atoms with van der Waals surface area (Å²) in [6.45, 7) is 5.66. The second kappa shape index (κ2) is 3.56. The van der Waals surface area contributed by atoms with Crippen molar-refractivity contribution in [1.82, 2.24) is 0 Å². The molecule has 60 valence electrons. The Bertz CT molecular complexity index is 130. The van der Waals surface area contributed by atoms with Gasteiger partial charge in [0.25, 0.3) is 0 Å². The Morgan fingerprint density at radius 1 is 1.60 bits per heavy atom. The van der Waals surface area contributed by atoms with Crippen LogP contribution in [0.5, 0.6) is 0 Å². The molecule has 0 unspecified atom stereocenters. The van der Waals surface area contributed by atoms with Gasteiger partial charge in [-0.25, -0.2) is 0 Å². The van der Waals surface area contributed by atoms with Crippen molar-refractivity contribution in [2.24, 2.45) is 5.16 Å². The van der Waals surface area contributed by atoms with E-state index < -0.39 is 0 Å². The molecular weight excluding hydrogens is 130 g/mol. The average molecular weight is 145 g/mol. The largest absolute Gasteiger partial charge is 0.411 e. The Kier molecular flexibility index (Phi) is 3.36. The molecule has 0 bridgehead atoms. The monoisotopic (exact) mass is 145 g/mol. The number of hydrogen-bond acceptors (Lipinski definition) is 3. The molecule has 0 aromatic heterocycles. The summed E-state index contributed by atoms with van der Waals surface area (Å²) in [6, 6.07) is 0. The van der Waals surface area contributed by atoms with Crippen molar-refractivity contribution < 1.29 is 9.94 Å². The summed E-state index contributed by atoms with van der Waals surface area (Å²) in [6.07, 6.45) is 0.653. The van der Waals surface area contributed by atoms with Crippen LogP contribution >= 0.6 is 0 Å². The van der Waals surface area contributed by atoms with Crippen LogP contribution in [0.15, 0.2) is 5.16 Å². The number of ether oxygens (including phenoxy) is 1. The highest BCUT2D eigenvalue weighted by Gasteiger charge is 2.17. The predicted octanol–water partition coefficient (Wildman–Crippen LogP) is 1.65. The highest BCUT2D eigenvalue weighted by Crippen LogP contribution is 2.13. The minimum atomic E-state index is -0.226. The van der Waals surface area contributed by atoms with Crippen LogP contribution in [0.3, 0.4) is 0 Å². The molecule has 0 rings (SSSR count). The maximum absolute atomic E-state index is 8.33. The Labute approximate surface area is 61.7 Å². The fraction of sp³-hybridized carbons (Fsp3) is 0.857. The van der Waals surface area contributed by atoms with E-state index in [0.29, 0.717) is 12.1 Å². The van der Waals surface area contributed by atoms with Crippen LogP contribution < -0.4 is 0 Å². The van der Waals surface area contributed by atoms with Gasteiger partial charge >= 0.3 is 0 Å². The molecule has 0 aliphatic carbocycles. The van der Waals surface area contributed by atoms with Crippen LogP contribution in [0.25, 0.3) is 0 Å². The summed E-state index contributed by atoms with van der Waals surface area (Å²) in [5, 5.41) is 11.4. The summed E-state index contributed by atoms with van der Waals surface area (Å²) in [7, 11) is 1.64. The van der Waals surface area contributed by atoms with E-state index in [2.05, 4.69) is 5.16 Å². The summed E-state index contributed by atoms with van der Waals surface area (Å²) >= 11 is 0. The first-order valence-corrected chi connectivity index (χ1v) is 3.24. The molecule has 0 aliphatic rings. The van der Waals surface area contributed by atoms with Gasteiger partial charge in [0.15, 0.2) is 0 Å². The van der Waals surface area contributed by atoms with Crippen molar-refractivity contribution in [2.45, 2.75) is 32.8 Å². The van der Waals surface area contributed by atoms with Gasteiger partial charge in [-0.1, -0.05) is 5.16 Å². The van der Waals surface area contributed by atoms with Gasteiger partial charge in [-0.3, -0.25) is 0 Å². The standard InChI is InChI=1S/C7H15NO2/c1-6(8-9)5-7(2,3)10-4/h9H,5H2,1-4H3. The van der Waals surface area contributed by atoms with E-state index >= 15 is 0 Å². The molecular formula is C7H15NO2. The first-order valence-electron chi connectivity index (χ1n) is 3.24. The third-order valence-corrected chi connectivity index (χ3v) is 1.40. The minimum absolute atomic E-state index is 0.226. The lowest BCUT2D eigenvalue weighted by molar-refractivity contribution is 0.0286. The highest BCUT2D eigenvalue weighted by atomic mass is 16.5. The van der Waals surface area contributed by atoms with E-state index in [4.69, 9.17) is 9.94 Å². The molecule has 0 saturated carbocycles. The van der Waals surface area contributed by atoms with Gasteiger partial charge in [-0.05, 0) is 20.8 Å². The summed E-state index contributed by atoms with van der Waals surface area (Å²) < 4.78 is 5.12. The van der Waals surface area contributed by atoms with Crippen LogP contribution in [0.1, 0.15) is 27.2 Å². The third kappa shape index (κ3) is 3.45. The Hall–Kier alpha value is -0.570.